The van der Waals surface area contributed by atoms with Gasteiger partial charge in [0.1, 0.15) is 6.04 Å². The first-order valence-electron chi connectivity index (χ1n) is 7.31. The molecule has 0 radical (unpaired) electrons. The summed E-state index contributed by atoms with van der Waals surface area (Å²) in [4.78, 5) is 12.5. The van der Waals surface area contributed by atoms with Gasteiger partial charge in [0.25, 0.3) is 0 Å². The fraction of sp³-hybridized carbons (Fsp3) is 0.235. The van der Waals surface area contributed by atoms with E-state index in [0.717, 1.165) is 16.1 Å². The minimum absolute atomic E-state index is 0.344. The maximum Gasteiger partial charge on any atom is 0.247 e. The summed E-state index contributed by atoms with van der Waals surface area (Å²) >= 11 is 5.95. The molecule has 1 atom stereocenters. The van der Waals surface area contributed by atoms with Crippen LogP contribution in [0, 0.1) is 6.92 Å². The van der Waals surface area contributed by atoms with Crippen LogP contribution in [0.5, 0.6) is 0 Å². The van der Waals surface area contributed by atoms with Crippen molar-refractivity contribution in [3.63, 3.8) is 0 Å². The summed E-state index contributed by atoms with van der Waals surface area (Å²) in [6.07, 6.45) is 1.06. The highest BCUT2D eigenvalue weighted by Gasteiger charge is 2.29. The molecule has 1 N–H and O–H groups in total. The lowest BCUT2D eigenvalue weighted by molar-refractivity contribution is -0.116. The number of sulfonamides is 1. The molecule has 0 spiro atoms. The van der Waals surface area contributed by atoms with Crippen molar-refractivity contribution >= 4 is 38.9 Å². The zero-order chi connectivity index (χ0) is 17.9. The van der Waals surface area contributed by atoms with Gasteiger partial charge in [0.2, 0.25) is 15.9 Å². The molecule has 0 bridgehead atoms. The van der Waals surface area contributed by atoms with Crippen molar-refractivity contribution in [2.24, 2.45) is 0 Å². The van der Waals surface area contributed by atoms with E-state index in [9.17, 15) is 13.2 Å². The first kappa shape index (κ1) is 18.3. The molecule has 7 heteroatoms. The first-order chi connectivity index (χ1) is 11.2. The molecule has 0 saturated heterocycles. The number of rotatable bonds is 5. The molecule has 2 rings (SSSR count). The monoisotopic (exact) mass is 366 g/mol. The molecule has 0 aliphatic heterocycles. The van der Waals surface area contributed by atoms with Gasteiger partial charge in [-0.15, -0.1) is 0 Å². The van der Waals surface area contributed by atoms with Gasteiger partial charge in [-0.25, -0.2) is 8.42 Å². The third-order valence-electron chi connectivity index (χ3n) is 3.44. The van der Waals surface area contributed by atoms with Crippen LogP contribution in [-0.4, -0.2) is 26.6 Å². The lowest BCUT2D eigenvalue weighted by Crippen LogP contribution is -2.45. The highest BCUT2D eigenvalue weighted by Crippen LogP contribution is 2.24. The summed E-state index contributed by atoms with van der Waals surface area (Å²) in [7, 11) is -3.67. The van der Waals surface area contributed by atoms with Gasteiger partial charge in [0.15, 0.2) is 0 Å². The molecule has 128 valence electrons. The number of benzene rings is 2. The Morgan fingerprint density at radius 1 is 1.17 bits per heavy atom. The summed E-state index contributed by atoms with van der Waals surface area (Å²) in [5, 5.41) is 3.14. The molecule has 0 aromatic heterocycles. The third kappa shape index (κ3) is 4.49. The molecule has 0 unspecified atom stereocenters. The largest absolute Gasteiger partial charge is 0.324 e. The minimum atomic E-state index is -3.67. The molecule has 2 aromatic carbocycles. The van der Waals surface area contributed by atoms with E-state index in [1.807, 2.05) is 25.1 Å². The Morgan fingerprint density at radius 3 is 2.42 bits per heavy atom. The van der Waals surface area contributed by atoms with Crippen LogP contribution in [-0.2, 0) is 14.8 Å². The van der Waals surface area contributed by atoms with Crippen LogP contribution < -0.4 is 9.62 Å². The fourth-order valence-corrected chi connectivity index (χ4v) is 3.74. The smallest absolute Gasteiger partial charge is 0.247 e. The van der Waals surface area contributed by atoms with E-state index in [-0.39, 0.29) is 0 Å². The summed E-state index contributed by atoms with van der Waals surface area (Å²) in [5.74, 6) is -0.425. The second kappa shape index (κ2) is 7.23. The number of carbonyl (C=O) groups excluding carboxylic acids is 1. The van der Waals surface area contributed by atoms with Gasteiger partial charge in [-0.2, -0.15) is 0 Å². The number of halogens is 1. The van der Waals surface area contributed by atoms with Crippen molar-refractivity contribution < 1.29 is 13.2 Å². The van der Waals surface area contributed by atoms with Gasteiger partial charge < -0.3 is 5.32 Å². The Hall–Kier alpha value is -2.05. The van der Waals surface area contributed by atoms with Crippen LogP contribution in [0.1, 0.15) is 12.5 Å². The maximum atomic E-state index is 12.5. The van der Waals surface area contributed by atoms with Crippen molar-refractivity contribution in [3.8, 4) is 0 Å². The number of nitrogens with zero attached hydrogens (tertiary/aromatic N) is 1. The number of anilines is 2. The SMILES string of the molecule is Cc1cccc(NC(=O)[C@@H](C)N(c2cccc(Cl)c2)S(C)(=O)=O)c1. The normalized spacial score (nSPS) is 12.5. The summed E-state index contributed by atoms with van der Waals surface area (Å²) in [6.45, 7) is 3.45. The second-order valence-electron chi connectivity index (χ2n) is 5.57. The van der Waals surface area contributed by atoms with Gasteiger partial charge >= 0.3 is 0 Å². The number of nitrogens with one attached hydrogen (secondary N) is 1. The van der Waals surface area contributed by atoms with Crippen molar-refractivity contribution in [2.45, 2.75) is 19.9 Å². The summed E-state index contributed by atoms with van der Waals surface area (Å²) < 4.78 is 25.5. The van der Waals surface area contributed by atoms with Crippen molar-refractivity contribution in [1.29, 1.82) is 0 Å². The van der Waals surface area contributed by atoms with E-state index >= 15 is 0 Å². The van der Waals surface area contributed by atoms with Gasteiger partial charge in [0, 0.05) is 10.7 Å². The van der Waals surface area contributed by atoms with Gasteiger partial charge in [-0.1, -0.05) is 29.8 Å². The molecule has 0 saturated carbocycles. The van der Waals surface area contributed by atoms with Gasteiger partial charge in [-0.3, -0.25) is 9.10 Å². The Kier molecular flexibility index (Phi) is 5.51. The van der Waals surface area contributed by atoms with E-state index in [1.165, 1.54) is 13.0 Å². The Morgan fingerprint density at radius 2 is 1.83 bits per heavy atom. The topological polar surface area (TPSA) is 66.5 Å². The average Bonchev–Trinajstić information content (AvgIpc) is 2.46. The molecular weight excluding hydrogens is 348 g/mol. The average molecular weight is 367 g/mol. The second-order valence-corrected chi connectivity index (χ2v) is 7.87. The van der Waals surface area contributed by atoms with Crippen LogP contribution in [0.4, 0.5) is 11.4 Å². The number of amides is 1. The van der Waals surface area contributed by atoms with Crippen molar-refractivity contribution in [1.82, 2.24) is 0 Å². The predicted molar refractivity (Wildman–Crippen MR) is 98.0 cm³/mol. The van der Waals surface area contributed by atoms with Crippen LogP contribution in [0.3, 0.4) is 0 Å². The fourth-order valence-electron chi connectivity index (χ4n) is 2.39. The molecule has 0 aliphatic carbocycles. The van der Waals surface area contributed by atoms with Crippen molar-refractivity contribution in [2.75, 3.05) is 15.9 Å². The van der Waals surface area contributed by atoms with Crippen LogP contribution >= 0.6 is 11.6 Å². The standard InChI is InChI=1S/C17H19ClN2O3S/c1-12-6-4-8-15(10-12)19-17(21)13(2)20(24(3,22)23)16-9-5-7-14(18)11-16/h4-11,13H,1-3H3,(H,19,21)/t13-/m1/s1. The Balaban J connectivity index is 2.31. The number of hydrogen-bond donors (Lipinski definition) is 1. The predicted octanol–water partition coefficient (Wildman–Crippen LogP) is 3.44. The minimum Gasteiger partial charge on any atom is -0.324 e. The van der Waals surface area contributed by atoms with Crippen LogP contribution in [0.15, 0.2) is 48.5 Å². The van der Waals surface area contributed by atoms with Crippen molar-refractivity contribution in [3.05, 3.63) is 59.1 Å². The summed E-state index contributed by atoms with van der Waals surface area (Å²) in [6, 6.07) is 12.8. The van der Waals surface area contributed by atoms with Gasteiger partial charge in [-0.05, 0) is 49.7 Å². The van der Waals surface area contributed by atoms with E-state index in [0.29, 0.717) is 16.4 Å². The summed E-state index contributed by atoms with van der Waals surface area (Å²) in [5.41, 5.74) is 1.96. The Labute approximate surface area is 147 Å². The molecule has 0 aliphatic rings. The zero-order valence-corrected chi connectivity index (χ0v) is 15.2. The van der Waals surface area contributed by atoms with E-state index < -0.39 is 22.0 Å². The van der Waals surface area contributed by atoms with E-state index in [2.05, 4.69) is 5.32 Å². The lowest BCUT2D eigenvalue weighted by Gasteiger charge is -2.28. The molecule has 5 nitrogen and oxygen atoms in total. The maximum absolute atomic E-state index is 12.5. The molecule has 0 heterocycles. The van der Waals surface area contributed by atoms with Gasteiger partial charge in [0.05, 0.1) is 11.9 Å². The first-order valence-corrected chi connectivity index (χ1v) is 9.53. The highest BCUT2D eigenvalue weighted by molar-refractivity contribution is 7.92. The number of aryl methyl sites for hydroxylation is 1. The molecule has 0 fully saturated rings. The van der Waals surface area contributed by atoms with E-state index in [4.69, 9.17) is 11.6 Å². The lowest BCUT2D eigenvalue weighted by atomic mass is 10.2. The molecular formula is C17H19ClN2O3S. The van der Waals surface area contributed by atoms with Crippen LogP contribution in [0.25, 0.3) is 0 Å². The number of carbonyl (C=O) groups is 1. The van der Waals surface area contributed by atoms with Crippen LogP contribution in [0.2, 0.25) is 5.02 Å². The molecule has 1 amide bonds. The highest BCUT2D eigenvalue weighted by atomic mass is 35.5. The quantitative estimate of drug-likeness (QED) is 0.881. The number of hydrogen-bond acceptors (Lipinski definition) is 3. The molecule has 2 aromatic rings. The van der Waals surface area contributed by atoms with E-state index in [1.54, 1.807) is 24.3 Å². The Bertz CT molecular complexity index is 852. The molecule has 24 heavy (non-hydrogen) atoms. The zero-order valence-electron chi connectivity index (χ0n) is 13.7. The third-order valence-corrected chi connectivity index (χ3v) is 4.91.